The van der Waals surface area contributed by atoms with Gasteiger partial charge in [0.05, 0.1) is 18.4 Å². The standard InChI is InChI=1S/C21H21NO3/c1-24-19-13-11-17(12-14-19)21(23)25-22-20-10-6-5-9-18(20)15-16-7-3-2-4-8-16/h2-4,7-8,11-15H,5-6,9-10H2,1H3/b18-15+,22-20+. The summed E-state index contributed by atoms with van der Waals surface area (Å²) in [6.45, 7) is 0. The van der Waals surface area contributed by atoms with Crippen LogP contribution in [0, 0.1) is 0 Å². The van der Waals surface area contributed by atoms with Crippen LogP contribution in [0.1, 0.15) is 41.6 Å². The summed E-state index contributed by atoms with van der Waals surface area (Å²) in [6.07, 6.45) is 6.09. The minimum Gasteiger partial charge on any atom is -0.497 e. The Kier molecular flexibility index (Phi) is 5.62. The number of allylic oxidation sites excluding steroid dienone is 1. The van der Waals surface area contributed by atoms with Crippen LogP contribution in [-0.2, 0) is 4.84 Å². The fraction of sp³-hybridized carbons (Fsp3) is 0.238. The lowest BCUT2D eigenvalue weighted by molar-refractivity contribution is 0.0515. The Hall–Kier alpha value is -2.88. The molecule has 1 saturated carbocycles. The van der Waals surface area contributed by atoms with Gasteiger partial charge in [-0.1, -0.05) is 35.5 Å². The van der Waals surface area contributed by atoms with Gasteiger partial charge in [-0.05, 0) is 67.2 Å². The monoisotopic (exact) mass is 335 g/mol. The van der Waals surface area contributed by atoms with Crippen molar-refractivity contribution >= 4 is 17.8 Å². The molecule has 1 aliphatic carbocycles. The Bertz CT molecular complexity index is 777. The first-order valence-corrected chi connectivity index (χ1v) is 8.44. The number of nitrogens with zero attached hydrogens (tertiary/aromatic N) is 1. The average molecular weight is 335 g/mol. The topological polar surface area (TPSA) is 47.9 Å². The van der Waals surface area contributed by atoms with Crippen LogP contribution in [0.2, 0.25) is 0 Å². The van der Waals surface area contributed by atoms with Crippen molar-refractivity contribution < 1.29 is 14.4 Å². The second kappa shape index (κ2) is 8.29. The SMILES string of the molecule is COc1ccc(C(=O)O/N=C2\CCCC\C2=C/c2ccccc2)cc1. The largest absolute Gasteiger partial charge is 0.497 e. The summed E-state index contributed by atoms with van der Waals surface area (Å²) >= 11 is 0. The van der Waals surface area contributed by atoms with Crippen molar-refractivity contribution in [3.8, 4) is 5.75 Å². The van der Waals surface area contributed by atoms with Crippen molar-refractivity contribution in [1.29, 1.82) is 0 Å². The van der Waals surface area contributed by atoms with Gasteiger partial charge in [0.15, 0.2) is 0 Å². The van der Waals surface area contributed by atoms with Crippen molar-refractivity contribution in [3.63, 3.8) is 0 Å². The molecule has 0 heterocycles. The molecule has 0 spiro atoms. The Morgan fingerprint density at radius 3 is 2.44 bits per heavy atom. The molecular weight excluding hydrogens is 314 g/mol. The van der Waals surface area contributed by atoms with Crippen molar-refractivity contribution in [1.82, 2.24) is 0 Å². The second-order valence-electron chi connectivity index (χ2n) is 5.93. The molecule has 1 aliphatic rings. The van der Waals surface area contributed by atoms with Gasteiger partial charge in [0.25, 0.3) is 0 Å². The molecule has 3 rings (SSSR count). The van der Waals surface area contributed by atoms with Gasteiger partial charge in [-0.25, -0.2) is 4.79 Å². The number of ether oxygens (including phenoxy) is 1. The summed E-state index contributed by atoms with van der Waals surface area (Å²) in [4.78, 5) is 17.3. The molecule has 0 radical (unpaired) electrons. The third-order valence-electron chi connectivity index (χ3n) is 4.19. The molecule has 0 amide bonds. The van der Waals surface area contributed by atoms with E-state index in [9.17, 15) is 4.79 Å². The number of oxime groups is 1. The third kappa shape index (κ3) is 4.57. The number of methoxy groups -OCH3 is 1. The summed E-state index contributed by atoms with van der Waals surface area (Å²) in [5.41, 5.74) is 3.58. The highest BCUT2D eigenvalue weighted by atomic mass is 16.7. The highest BCUT2D eigenvalue weighted by Crippen LogP contribution is 2.24. The Labute approximate surface area is 147 Å². The first-order chi connectivity index (χ1) is 12.3. The zero-order valence-corrected chi connectivity index (χ0v) is 14.3. The van der Waals surface area contributed by atoms with Crippen LogP contribution in [0.5, 0.6) is 5.75 Å². The van der Waals surface area contributed by atoms with E-state index in [4.69, 9.17) is 9.57 Å². The zero-order chi connectivity index (χ0) is 17.5. The molecule has 0 atom stereocenters. The molecule has 25 heavy (non-hydrogen) atoms. The number of carbonyl (C=O) groups is 1. The quantitative estimate of drug-likeness (QED) is 0.592. The molecule has 4 heteroatoms. The summed E-state index contributed by atoms with van der Waals surface area (Å²) < 4.78 is 5.09. The Morgan fingerprint density at radius 2 is 1.72 bits per heavy atom. The van der Waals surface area contributed by atoms with Gasteiger partial charge in [-0.15, -0.1) is 0 Å². The van der Waals surface area contributed by atoms with Crippen molar-refractivity contribution in [2.24, 2.45) is 5.16 Å². The third-order valence-corrected chi connectivity index (χ3v) is 4.19. The molecule has 0 aliphatic heterocycles. The lowest BCUT2D eigenvalue weighted by Gasteiger charge is -2.16. The second-order valence-corrected chi connectivity index (χ2v) is 5.93. The van der Waals surface area contributed by atoms with Crippen LogP contribution in [0.3, 0.4) is 0 Å². The maximum Gasteiger partial charge on any atom is 0.365 e. The number of carbonyl (C=O) groups excluding carboxylic acids is 1. The van der Waals surface area contributed by atoms with Crippen LogP contribution >= 0.6 is 0 Å². The molecule has 2 aromatic carbocycles. The number of hydrogen-bond acceptors (Lipinski definition) is 4. The van der Waals surface area contributed by atoms with Gasteiger partial charge in [-0.2, -0.15) is 0 Å². The van der Waals surface area contributed by atoms with E-state index in [2.05, 4.69) is 23.4 Å². The van der Waals surface area contributed by atoms with Crippen LogP contribution in [-0.4, -0.2) is 18.8 Å². The molecule has 0 N–H and O–H groups in total. The number of benzene rings is 2. The van der Waals surface area contributed by atoms with Gasteiger partial charge in [-0.3, -0.25) is 0 Å². The van der Waals surface area contributed by atoms with Gasteiger partial charge in [0, 0.05) is 0 Å². The minimum absolute atomic E-state index is 0.453. The minimum atomic E-state index is -0.459. The van der Waals surface area contributed by atoms with Crippen molar-refractivity contribution in [2.75, 3.05) is 7.11 Å². The van der Waals surface area contributed by atoms with Crippen LogP contribution in [0.15, 0.2) is 65.3 Å². The van der Waals surface area contributed by atoms with Crippen LogP contribution in [0.25, 0.3) is 6.08 Å². The smallest absolute Gasteiger partial charge is 0.365 e. The van der Waals surface area contributed by atoms with E-state index in [1.165, 1.54) is 0 Å². The summed E-state index contributed by atoms with van der Waals surface area (Å²) in [6, 6.07) is 16.9. The first-order valence-electron chi connectivity index (χ1n) is 8.44. The Balaban J connectivity index is 1.73. The maximum atomic E-state index is 12.2. The van der Waals surface area contributed by atoms with Crippen molar-refractivity contribution in [3.05, 3.63) is 71.3 Å². The summed E-state index contributed by atoms with van der Waals surface area (Å²) in [5.74, 6) is 0.239. The fourth-order valence-electron chi connectivity index (χ4n) is 2.80. The first kappa shape index (κ1) is 17.0. The summed E-state index contributed by atoms with van der Waals surface area (Å²) in [5, 5.41) is 4.15. The highest BCUT2D eigenvalue weighted by molar-refractivity contribution is 6.04. The molecule has 0 bridgehead atoms. The molecule has 0 saturated heterocycles. The zero-order valence-electron chi connectivity index (χ0n) is 14.3. The van der Waals surface area contributed by atoms with E-state index in [-0.39, 0.29) is 0 Å². The van der Waals surface area contributed by atoms with E-state index < -0.39 is 5.97 Å². The molecule has 128 valence electrons. The molecular formula is C21H21NO3. The summed E-state index contributed by atoms with van der Waals surface area (Å²) in [7, 11) is 1.59. The molecule has 2 aromatic rings. The molecule has 0 aromatic heterocycles. The Morgan fingerprint density at radius 1 is 1.00 bits per heavy atom. The van der Waals surface area contributed by atoms with Crippen LogP contribution < -0.4 is 4.74 Å². The molecule has 4 nitrogen and oxygen atoms in total. The average Bonchev–Trinajstić information content (AvgIpc) is 2.68. The van der Waals surface area contributed by atoms with Gasteiger partial charge in [0.2, 0.25) is 0 Å². The molecule has 0 unspecified atom stereocenters. The van der Waals surface area contributed by atoms with E-state index >= 15 is 0 Å². The molecule has 1 fully saturated rings. The number of rotatable bonds is 4. The number of hydrogen-bond donors (Lipinski definition) is 0. The van der Waals surface area contributed by atoms with Gasteiger partial charge >= 0.3 is 5.97 Å². The predicted octanol–water partition coefficient (Wildman–Crippen LogP) is 4.87. The van der Waals surface area contributed by atoms with Crippen molar-refractivity contribution in [2.45, 2.75) is 25.7 Å². The normalized spacial score (nSPS) is 17.5. The van der Waals surface area contributed by atoms with E-state index in [0.29, 0.717) is 11.3 Å². The maximum absolute atomic E-state index is 12.2. The highest BCUT2D eigenvalue weighted by Gasteiger charge is 2.15. The van der Waals surface area contributed by atoms with E-state index in [0.717, 1.165) is 42.5 Å². The van der Waals surface area contributed by atoms with Gasteiger partial charge < -0.3 is 9.57 Å². The van der Waals surface area contributed by atoms with E-state index in [1.54, 1.807) is 31.4 Å². The predicted molar refractivity (Wildman–Crippen MR) is 98.7 cm³/mol. The fourth-order valence-corrected chi connectivity index (χ4v) is 2.80. The van der Waals surface area contributed by atoms with Crippen LogP contribution in [0.4, 0.5) is 0 Å². The lowest BCUT2D eigenvalue weighted by Crippen LogP contribution is -2.11. The van der Waals surface area contributed by atoms with Gasteiger partial charge in [0.1, 0.15) is 5.75 Å². The van der Waals surface area contributed by atoms with E-state index in [1.807, 2.05) is 18.2 Å². The lowest BCUT2D eigenvalue weighted by atomic mass is 9.91.